The number of benzene rings is 1. The predicted octanol–water partition coefficient (Wildman–Crippen LogP) is 4.57. The Kier molecular flexibility index (Phi) is 5.83. The van der Waals surface area contributed by atoms with E-state index < -0.39 is 5.41 Å². The van der Waals surface area contributed by atoms with E-state index in [1.54, 1.807) is 0 Å². The fourth-order valence-corrected chi connectivity index (χ4v) is 4.33. The Labute approximate surface area is 150 Å². The Balaban J connectivity index is 1.73. The molecule has 3 nitrogen and oxygen atoms in total. The molecule has 132 valence electrons. The van der Waals surface area contributed by atoms with Crippen LogP contribution in [-0.4, -0.2) is 37.1 Å². The molecule has 0 radical (unpaired) electrons. The SMILES string of the molecule is CN1CCCCC1COC(=O)C1(c2ccc(Cl)cc2)CCCCC1. The largest absolute Gasteiger partial charge is 0.463 e. The van der Waals surface area contributed by atoms with Gasteiger partial charge in [-0.2, -0.15) is 0 Å². The third-order valence-electron chi connectivity index (χ3n) is 5.82. The first-order valence-electron chi connectivity index (χ1n) is 9.25. The highest BCUT2D eigenvalue weighted by Gasteiger charge is 2.42. The number of carbonyl (C=O) groups is 1. The van der Waals surface area contributed by atoms with Crippen molar-refractivity contribution in [3.05, 3.63) is 34.9 Å². The minimum absolute atomic E-state index is 0.0384. The first kappa shape index (κ1) is 17.8. The first-order chi connectivity index (χ1) is 11.6. The number of hydrogen-bond donors (Lipinski definition) is 0. The number of piperidine rings is 1. The number of rotatable bonds is 4. The molecule has 1 aliphatic heterocycles. The molecule has 1 saturated carbocycles. The van der Waals surface area contributed by atoms with Crippen molar-refractivity contribution in [1.82, 2.24) is 4.90 Å². The van der Waals surface area contributed by atoms with Crippen LogP contribution in [0, 0.1) is 0 Å². The number of hydrogen-bond acceptors (Lipinski definition) is 3. The molecule has 3 rings (SSSR count). The highest BCUT2D eigenvalue weighted by molar-refractivity contribution is 6.30. The minimum Gasteiger partial charge on any atom is -0.463 e. The van der Waals surface area contributed by atoms with E-state index in [2.05, 4.69) is 11.9 Å². The Hall–Kier alpha value is -1.06. The molecule has 0 N–H and O–H groups in total. The zero-order chi connectivity index (χ0) is 17.0. The summed E-state index contributed by atoms with van der Waals surface area (Å²) in [6.45, 7) is 1.62. The number of likely N-dealkylation sites (N-methyl/N-ethyl adjacent to an activating group) is 1. The van der Waals surface area contributed by atoms with Crippen LogP contribution in [0.1, 0.15) is 56.9 Å². The lowest BCUT2D eigenvalue weighted by atomic mass is 9.69. The Bertz CT molecular complexity index is 551. The van der Waals surface area contributed by atoms with Gasteiger partial charge >= 0.3 is 5.97 Å². The van der Waals surface area contributed by atoms with Gasteiger partial charge in [-0.25, -0.2) is 0 Å². The summed E-state index contributed by atoms with van der Waals surface area (Å²) in [5, 5.41) is 0.710. The van der Waals surface area contributed by atoms with E-state index in [-0.39, 0.29) is 5.97 Å². The summed E-state index contributed by atoms with van der Waals surface area (Å²) in [4.78, 5) is 15.4. The van der Waals surface area contributed by atoms with Crippen molar-refractivity contribution in [2.24, 2.45) is 0 Å². The van der Waals surface area contributed by atoms with Gasteiger partial charge in [-0.3, -0.25) is 4.79 Å². The first-order valence-corrected chi connectivity index (χ1v) is 9.63. The van der Waals surface area contributed by atoms with E-state index in [9.17, 15) is 4.79 Å². The maximum atomic E-state index is 13.1. The van der Waals surface area contributed by atoms with Crippen LogP contribution < -0.4 is 0 Å². The molecule has 1 saturated heterocycles. The molecule has 0 spiro atoms. The molecule has 24 heavy (non-hydrogen) atoms. The second-order valence-electron chi connectivity index (χ2n) is 7.38. The lowest BCUT2D eigenvalue weighted by molar-refractivity contribution is -0.154. The van der Waals surface area contributed by atoms with Crippen LogP contribution in [0.4, 0.5) is 0 Å². The van der Waals surface area contributed by atoms with Crippen LogP contribution in [0.3, 0.4) is 0 Å². The third-order valence-corrected chi connectivity index (χ3v) is 6.07. The van der Waals surface area contributed by atoms with Gasteiger partial charge in [0, 0.05) is 11.1 Å². The van der Waals surface area contributed by atoms with Crippen LogP contribution in [0.15, 0.2) is 24.3 Å². The van der Waals surface area contributed by atoms with Crippen molar-refractivity contribution >= 4 is 17.6 Å². The predicted molar refractivity (Wildman–Crippen MR) is 97.4 cm³/mol. The summed E-state index contributed by atoms with van der Waals surface area (Å²) in [7, 11) is 2.13. The number of nitrogens with zero attached hydrogens (tertiary/aromatic N) is 1. The molecule has 1 heterocycles. The smallest absolute Gasteiger partial charge is 0.316 e. The topological polar surface area (TPSA) is 29.5 Å². The van der Waals surface area contributed by atoms with E-state index >= 15 is 0 Å². The van der Waals surface area contributed by atoms with E-state index in [4.69, 9.17) is 16.3 Å². The standard InChI is InChI=1S/C20H28ClNO2/c1-22-14-6-3-7-18(22)15-24-19(23)20(12-4-2-5-13-20)16-8-10-17(21)11-9-16/h8-11,18H,2-7,12-15H2,1H3. The van der Waals surface area contributed by atoms with Crippen molar-refractivity contribution < 1.29 is 9.53 Å². The van der Waals surface area contributed by atoms with Crippen molar-refractivity contribution in [3.63, 3.8) is 0 Å². The molecule has 0 bridgehead atoms. The summed E-state index contributed by atoms with van der Waals surface area (Å²) in [6, 6.07) is 8.14. The van der Waals surface area contributed by atoms with E-state index in [1.807, 2.05) is 24.3 Å². The fraction of sp³-hybridized carbons (Fsp3) is 0.650. The molecule has 1 aromatic carbocycles. The number of likely N-dealkylation sites (tertiary alicyclic amines) is 1. The normalized spacial score (nSPS) is 24.5. The van der Waals surface area contributed by atoms with Gasteiger partial charge in [0.05, 0.1) is 5.41 Å². The van der Waals surface area contributed by atoms with Gasteiger partial charge < -0.3 is 9.64 Å². The summed E-state index contributed by atoms with van der Waals surface area (Å²) in [5.41, 5.74) is 0.587. The van der Waals surface area contributed by atoms with Crippen molar-refractivity contribution in [2.45, 2.75) is 62.8 Å². The average molecular weight is 350 g/mol. The van der Waals surface area contributed by atoms with E-state index in [0.29, 0.717) is 17.7 Å². The summed E-state index contributed by atoms with van der Waals surface area (Å²) < 4.78 is 5.87. The zero-order valence-electron chi connectivity index (χ0n) is 14.6. The molecule has 2 fully saturated rings. The summed E-state index contributed by atoms with van der Waals surface area (Å²) >= 11 is 6.03. The van der Waals surface area contributed by atoms with Crippen LogP contribution in [0.25, 0.3) is 0 Å². The zero-order valence-corrected chi connectivity index (χ0v) is 15.4. The maximum Gasteiger partial charge on any atom is 0.316 e. The van der Waals surface area contributed by atoms with Gasteiger partial charge in [-0.05, 0) is 57.0 Å². The fourth-order valence-electron chi connectivity index (χ4n) is 4.20. The average Bonchev–Trinajstić information content (AvgIpc) is 2.62. The molecule has 1 atom stereocenters. The van der Waals surface area contributed by atoms with Gasteiger partial charge in [0.15, 0.2) is 0 Å². The Morgan fingerprint density at radius 2 is 1.88 bits per heavy atom. The Morgan fingerprint density at radius 1 is 1.17 bits per heavy atom. The quantitative estimate of drug-likeness (QED) is 0.746. The lowest BCUT2D eigenvalue weighted by Crippen LogP contribution is -2.44. The highest BCUT2D eigenvalue weighted by Crippen LogP contribution is 2.41. The molecule has 0 aromatic heterocycles. The van der Waals surface area contributed by atoms with Crippen LogP contribution >= 0.6 is 11.6 Å². The highest BCUT2D eigenvalue weighted by atomic mass is 35.5. The van der Waals surface area contributed by atoms with Crippen LogP contribution in [0.2, 0.25) is 5.02 Å². The van der Waals surface area contributed by atoms with Crippen molar-refractivity contribution in [3.8, 4) is 0 Å². The van der Waals surface area contributed by atoms with Crippen molar-refractivity contribution in [2.75, 3.05) is 20.2 Å². The number of carbonyl (C=O) groups excluding carboxylic acids is 1. The van der Waals surface area contributed by atoms with Gasteiger partial charge in [-0.15, -0.1) is 0 Å². The van der Waals surface area contributed by atoms with E-state index in [1.165, 1.54) is 19.3 Å². The number of halogens is 1. The maximum absolute atomic E-state index is 13.1. The molecule has 4 heteroatoms. The lowest BCUT2D eigenvalue weighted by Gasteiger charge is -2.37. The molecule has 2 aliphatic rings. The molecule has 1 aliphatic carbocycles. The second kappa shape index (κ2) is 7.88. The van der Waals surface area contributed by atoms with Gasteiger partial charge in [0.25, 0.3) is 0 Å². The second-order valence-corrected chi connectivity index (χ2v) is 7.81. The van der Waals surface area contributed by atoms with Crippen molar-refractivity contribution in [1.29, 1.82) is 0 Å². The number of esters is 1. The number of ether oxygens (including phenoxy) is 1. The molecule has 1 aromatic rings. The molecular formula is C20H28ClNO2. The minimum atomic E-state index is -0.476. The molecule has 1 unspecified atom stereocenters. The monoisotopic (exact) mass is 349 g/mol. The third kappa shape index (κ3) is 3.78. The van der Waals surface area contributed by atoms with Gasteiger partial charge in [-0.1, -0.05) is 49.4 Å². The van der Waals surface area contributed by atoms with Gasteiger partial charge in [0.2, 0.25) is 0 Å². The molecular weight excluding hydrogens is 322 g/mol. The van der Waals surface area contributed by atoms with Gasteiger partial charge in [0.1, 0.15) is 6.61 Å². The summed E-state index contributed by atoms with van der Waals surface area (Å²) in [6.07, 6.45) is 8.74. The van der Waals surface area contributed by atoms with Crippen LogP contribution in [-0.2, 0) is 14.9 Å². The van der Waals surface area contributed by atoms with Crippen LogP contribution in [0.5, 0.6) is 0 Å². The summed E-state index contributed by atoms with van der Waals surface area (Å²) in [5.74, 6) is -0.0384. The molecule has 0 amide bonds. The Morgan fingerprint density at radius 3 is 2.54 bits per heavy atom. The van der Waals surface area contributed by atoms with E-state index in [0.717, 1.165) is 44.2 Å².